The van der Waals surface area contributed by atoms with Crippen LogP contribution >= 0.6 is 23.2 Å². The van der Waals surface area contributed by atoms with Crippen LogP contribution in [0.1, 0.15) is 28.0 Å². The fourth-order valence-electron chi connectivity index (χ4n) is 1.02. The van der Waals surface area contributed by atoms with Crippen LogP contribution in [0.4, 0.5) is 8.78 Å². The number of carboxylic acid groups (broad SMARTS) is 1. The zero-order valence-electron chi connectivity index (χ0n) is 7.18. The monoisotopic (exact) mass is 255 g/mol. The Bertz CT molecular complexity index is 398. The molecular weight excluding hydrogens is 251 g/mol. The predicted molar refractivity (Wildman–Crippen MR) is 50.7 cm³/mol. The van der Waals surface area contributed by atoms with Crippen LogP contribution in [0, 0.1) is 0 Å². The van der Waals surface area contributed by atoms with Crippen molar-refractivity contribution in [3.63, 3.8) is 0 Å². The molecule has 0 aliphatic heterocycles. The molecule has 1 aromatic heterocycles. The lowest BCUT2D eigenvalue weighted by Crippen LogP contribution is -2.05. The molecule has 0 aliphatic carbocycles. The third-order valence-electron chi connectivity index (χ3n) is 1.68. The van der Waals surface area contributed by atoms with Gasteiger partial charge in [-0.3, -0.25) is 0 Å². The van der Waals surface area contributed by atoms with E-state index in [1.165, 1.54) is 0 Å². The van der Waals surface area contributed by atoms with Crippen molar-refractivity contribution >= 4 is 29.2 Å². The second kappa shape index (κ2) is 4.72. The van der Waals surface area contributed by atoms with Crippen LogP contribution in [0.25, 0.3) is 0 Å². The highest BCUT2D eigenvalue weighted by atomic mass is 35.5. The van der Waals surface area contributed by atoms with Gasteiger partial charge in [0.25, 0.3) is 6.43 Å². The molecule has 0 aliphatic rings. The quantitative estimate of drug-likeness (QED) is 0.667. The molecule has 0 bridgehead atoms. The molecule has 0 saturated heterocycles. The number of carboxylic acids is 1. The number of hydrogen-bond acceptors (Lipinski definition) is 2. The Morgan fingerprint density at radius 1 is 1.60 bits per heavy atom. The lowest BCUT2D eigenvalue weighted by atomic mass is 10.1. The molecule has 0 spiro atoms. The van der Waals surface area contributed by atoms with Crippen molar-refractivity contribution in [3.05, 3.63) is 28.0 Å². The Labute approximate surface area is 93.6 Å². The van der Waals surface area contributed by atoms with Crippen molar-refractivity contribution in [2.75, 3.05) is 0 Å². The minimum Gasteiger partial charge on any atom is -0.477 e. The van der Waals surface area contributed by atoms with E-state index in [2.05, 4.69) is 4.98 Å². The highest BCUT2D eigenvalue weighted by molar-refractivity contribution is 6.30. The topological polar surface area (TPSA) is 50.2 Å². The molecule has 3 nitrogen and oxygen atoms in total. The van der Waals surface area contributed by atoms with Gasteiger partial charge in [0, 0.05) is 5.88 Å². The first-order valence-electron chi connectivity index (χ1n) is 3.74. The summed E-state index contributed by atoms with van der Waals surface area (Å²) in [5, 5.41) is 8.08. The number of pyridine rings is 1. The Morgan fingerprint density at radius 3 is 2.60 bits per heavy atom. The molecule has 7 heteroatoms. The van der Waals surface area contributed by atoms with Gasteiger partial charge in [-0.1, -0.05) is 11.6 Å². The average molecular weight is 256 g/mol. The minimum absolute atomic E-state index is 0.0240. The van der Waals surface area contributed by atoms with E-state index in [9.17, 15) is 13.6 Å². The highest BCUT2D eigenvalue weighted by Crippen LogP contribution is 2.30. The zero-order valence-corrected chi connectivity index (χ0v) is 8.69. The summed E-state index contributed by atoms with van der Waals surface area (Å²) in [6.07, 6.45) is -2.83. The Balaban J connectivity index is 3.37. The number of nitrogens with zero attached hydrogens (tertiary/aromatic N) is 1. The van der Waals surface area contributed by atoms with Crippen LogP contribution in [0.3, 0.4) is 0 Å². The van der Waals surface area contributed by atoms with Crippen molar-refractivity contribution in [1.82, 2.24) is 4.98 Å². The zero-order chi connectivity index (χ0) is 11.6. The fraction of sp³-hybridized carbons (Fsp3) is 0.250. The number of alkyl halides is 3. The van der Waals surface area contributed by atoms with Crippen LogP contribution in [-0.2, 0) is 5.88 Å². The van der Waals surface area contributed by atoms with E-state index in [0.29, 0.717) is 0 Å². The van der Waals surface area contributed by atoms with Crippen LogP contribution in [0.5, 0.6) is 0 Å². The summed E-state index contributed by atoms with van der Waals surface area (Å²) in [4.78, 5) is 13.9. The molecule has 0 atom stereocenters. The van der Waals surface area contributed by atoms with E-state index in [-0.39, 0.29) is 11.4 Å². The van der Waals surface area contributed by atoms with Crippen molar-refractivity contribution in [2.24, 2.45) is 0 Å². The molecule has 0 radical (unpaired) electrons. The van der Waals surface area contributed by atoms with Crippen LogP contribution < -0.4 is 0 Å². The maximum atomic E-state index is 12.5. The number of aromatic carboxylic acids is 1. The molecule has 0 aromatic carbocycles. The van der Waals surface area contributed by atoms with Crippen molar-refractivity contribution < 1.29 is 18.7 Å². The third-order valence-corrected chi connectivity index (χ3v) is 2.26. The van der Waals surface area contributed by atoms with Gasteiger partial charge in [-0.25, -0.2) is 18.6 Å². The van der Waals surface area contributed by atoms with E-state index < -0.39 is 28.8 Å². The number of rotatable bonds is 3. The van der Waals surface area contributed by atoms with E-state index in [1.54, 1.807) is 0 Å². The molecule has 82 valence electrons. The number of aromatic nitrogens is 1. The predicted octanol–water partition coefficient (Wildman–Crippen LogP) is 3.11. The van der Waals surface area contributed by atoms with Gasteiger partial charge in [-0.2, -0.15) is 0 Å². The lowest BCUT2D eigenvalue weighted by molar-refractivity contribution is 0.0689. The van der Waals surface area contributed by atoms with Gasteiger partial charge in [0.15, 0.2) is 0 Å². The Hall–Kier alpha value is -0.940. The first kappa shape index (κ1) is 12.1. The molecule has 1 aromatic rings. The Morgan fingerprint density at radius 2 is 2.20 bits per heavy atom. The van der Waals surface area contributed by atoms with E-state index in [4.69, 9.17) is 28.3 Å². The molecule has 15 heavy (non-hydrogen) atoms. The van der Waals surface area contributed by atoms with Crippen molar-refractivity contribution in [1.29, 1.82) is 0 Å². The minimum atomic E-state index is -2.83. The third kappa shape index (κ3) is 2.54. The molecule has 1 N–H and O–H groups in total. The molecule has 1 heterocycles. The number of halogens is 4. The number of hydrogen-bond donors (Lipinski definition) is 1. The summed E-state index contributed by atoms with van der Waals surface area (Å²) < 4.78 is 25.0. The van der Waals surface area contributed by atoms with Gasteiger partial charge in [0.1, 0.15) is 10.8 Å². The first-order valence-corrected chi connectivity index (χ1v) is 4.65. The van der Waals surface area contributed by atoms with E-state index in [0.717, 1.165) is 6.07 Å². The standard InChI is InChI=1S/C8H5Cl2F2NO2/c9-2-3-1-4(8(14)15)13-6(10)5(3)7(11)12/h1,7H,2H2,(H,14,15). The summed E-state index contributed by atoms with van der Waals surface area (Å²) in [5.74, 6) is -1.59. The van der Waals surface area contributed by atoms with Gasteiger partial charge in [-0.15, -0.1) is 11.6 Å². The van der Waals surface area contributed by atoms with Crippen LogP contribution in [0.15, 0.2) is 6.07 Å². The first-order chi connectivity index (χ1) is 6.97. The van der Waals surface area contributed by atoms with Gasteiger partial charge in [0.2, 0.25) is 0 Å². The maximum absolute atomic E-state index is 12.5. The Kier molecular flexibility index (Phi) is 3.82. The molecule has 1 rings (SSSR count). The van der Waals surface area contributed by atoms with Gasteiger partial charge >= 0.3 is 5.97 Å². The summed E-state index contributed by atoms with van der Waals surface area (Å²) in [6, 6.07) is 0.989. The van der Waals surface area contributed by atoms with Gasteiger partial charge in [-0.05, 0) is 11.6 Å². The van der Waals surface area contributed by atoms with Crippen LogP contribution in [-0.4, -0.2) is 16.1 Å². The SMILES string of the molecule is O=C(O)c1cc(CCl)c(C(F)F)c(Cl)n1. The van der Waals surface area contributed by atoms with Gasteiger partial charge in [0.05, 0.1) is 5.56 Å². The largest absolute Gasteiger partial charge is 0.477 e. The van der Waals surface area contributed by atoms with Crippen molar-refractivity contribution in [2.45, 2.75) is 12.3 Å². The second-order valence-electron chi connectivity index (χ2n) is 2.61. The second-order valence-corrected chi connectivity index (χ2v) is 3.24. The molecule has 0 amide bonds. The smallest absolute Gasteiger partial charge is 0.354 e. The van der Waals surface area contributed by atoms with Crippen LogP contribution in [0.2, 0.25) is 5.15 Å². The highest BCUT2D eigenvalue weighted by Gasteiger charge is 2.20. The molecule has 0 unspecified atom stereocenters. The van der Waals surface area contributed by atoms with E-state index >= 15 is 0 Å². The average Bonchev–Trinajstić information content (AvgIpc) is 2.15. The summed E-state index contributed by atoms with van der Waals surface area (Å²) in [7, 11) is 0. The summed E-state index contributed by atoms with van der Waals surface area (Å²) in [5.41, 5.74) is -0.944. The maximum Gasteiger partial charge on any atom is 0.354 e. The summed E-state index contributed by atoms with van der Waals surface area (Å²) >= 11 is 10.9. The lowest BCUT2D eigenvalue weighted by Gasteiger charge is -2.08. The fourth-order valence-corrected chi connectivity index (χ4v) is 1.54. The normalized spacial score (nSPS) is 10.7. The van der Waals surface area contributed by atoms with Gasteiger partial charge < -0.3 is 5.11 Å². The van der Waals surface area contributed by atoms with E-state index in [1.807, 2.05) is 0 Å². The summed E-state index contributed by atoms with van der Waals surface area (Å²) in [6.45, 7) is 0. The molecule has 0 saturated carbocycles. The molecule has 0 fully saturated rings. The van der Waals surface area contributed by atoms with Crippen molar-refractivity contribution in [3.8, 4) is 0 Å². The molecular formula is C8H5Cl2F2NO2. The number of carbonyl (C=O) groups is 1.